The molecule has 0 saturated carbocycles. The quantitative estimate of drug-likeness (QED) is 0.623. The zero-order valence-electron chi connectivity index (χ0n) is 16.1. The van der Waals surface area contributed by atoms with Gasteiger partial charge < -0.3 is 5.32 Å². The maximum absolute atomic E-state index is 12.3. The van der Waals surface area contributed by atoms with Gasteiger partial charge in [-0.25, -0.2) is 0 Å². The summed E-state index contributed by atoms with van der Waals surface area (Å²) in [5.41, 5.74) is 4.71. The maximum Gasteiger partial charge on any atom is 0.286 e. The first-order valence-electron chi connectivity index (χ1n) is 9.61. The molecule has 5 nitrogen and oxygen atoms in total. The highest BCUT2D eigenvalue weighted by molar-refractivity contribution is 8.15. The molecule has 3 aromatic carbocycles. The lowest BCUT2D eigenvalue weighted by molar-refractivity contribution is -0.119. The van der Waals surface area contributed by atoms with Crippen LogP contribution in [-0.2, 0) is 22.4 Å². The molecule has 150 valence electrons. The summed E-state index contributed by atoms with van der Waals surface area (Å²) in [6, 6.07) is 25.2. The summed E-state index contributed by atoms with van der Waals surface area (Å²) in [6.45, 7) is 0. The molecular formula is C24H20N2O3S. The van der Waals surface area contributed by atoms with Crippen molar-refractivity contribution in [2.45, 2.75) is 18.1 Å². The number of thioether (sulfide) groups is 1. The molecule has 30 heavy (non-hydrogen) atoms. The lowest BCUT2D eigenvalue weighted by Crippen LogP contribution is -2.25. The molecule has 4 rings (SSSR count). The van der Waals surface area contributed by atoms with E-state index in [1.165, 1.54) is 0 Å². The van der Waals surface area contributed by atoms with Crippen LogP contribution >= 0.6 is 11.8 Å². The van der Waals surface area contributed by atoms with E-state index in [9.17, 15) is 14.4 Å². The molecule has 0 radical (unpaired) electrons. The second-order valence-electron chi connectivity index (χ2n) is 7.08. The van der Waals surface area contributed by atoms with Gasteiger partial charge in [0.1, 0.15) is 0 Å². The number of carbonyl (C=O) groups excluding carboxylic acids is 3. The molecule has 1 saturated heterocycles. The Bertz CT molecular complexity index is 1080. The second-order valence-corrected chi connectivity index (χ2v) is 8.25. The fraction of sp³-hybridized carbons (Fsp3) is 0.125. The van der Waals surface area contributed by atoms with Crippen LogP contribution in [0.3, 0.4) is 0 Å². The molecular weight excluding hydrogens is 396 g/mol. The van der Waals surface area contributed by atoms with Crippen molar-refractivity contribution in [3.63, 3.8) is 0 Å². The first-order valence-corrected chi connectivity index (χ1v) is 10.5. The number of amides is 3. The number of anilines is 1. The van der Waals surface area contributed by atoms with E-state index >= 15 is 0 Å². The third-order valence-electron chi connectivity index (χ3n) is 4.83. The number of imide groups is 1. The van der Waals surface area contributed by atoms with Crippen molar-refractivity contribution in [3.8, 4) is 11.1 Å². The van der Waals surface area contributed by atoms with Gasteiger partial charge >= 0.3 is 0 Å². The van der Waals surface area contributed by atoms with E-state index in [0.29, 0.717) is 12.8 Å². The fourth-order valence-corrected chi connectivity index (χ4v) is 4.20. The second kappa shape index (κ2) is 8.97. The van der Waals surface area contributed by atoms with Gasteiger partial charge in [-0.2, -0.15) is 0 Å². The van der Waals surface area contributed by atoms with Gasteiger partial charge in [0.25, 0.3) is 5.24 Å². The summed E-state index contributed by atoms with van der Waals surface area (Å²) in [4.78, 5) is 35.4. The van der Waals surface area contributed by atoms with Gasteiger partial charge in [-0.15, -0.1) is 0 Å². The van der Waals surface area contributed by atoms with Gasteiger partial charge in [-0.3, -0.25) is 19.7 Å². The Kier molecular flexibility index (Phi) is 5.95. The lowest BCUT2D eigenvalue weighted by Gasteiger charge is -2.09. The van der Waals surface area contributed by atoms with E-state index in [0.717, 1.165) is 39.7 Å². The Balaban J connectivity index is 1.41. The zero-order chi connectivity index (χ0) is 20.9. The largest absolute Gasteiger partial charge is 0.326 e. The molecule has 1 atom stereocenters. The van der Waals surface area contributed by atoms with E-state index in [1.807, 2.05) is 78.9 Å². The standard InChI is InChI=1S/C24H20N2O3S/c27-22(14-16-5-2-1-3-6-16)25-20-8-4-7-19(15-20)18-11-9-17(10-12-18)13-21-23(28)26-24(29)30-21/h1-12,15,21H,13-14H2,(H,25,27)(H,26,28,29). The number of nitrogens with one attached hydrogen (secondary N) is 2. The van der Waals surface area contributed by atoms with Crippen LogP contribution in [-0.4, -0.2) is 22.3 Å². The minimum absolute atomic E-state index is 0.0596. The van der Waals surface area contributed by atoms with Gasteiger partial charge in [0, 0.05) is 5.69 Å². The van der Waals surface area contributed by atoms with Gasteiger partial charge in [0.15, 0.2) is 0 Å². The minimum atomic E-state index is -0.369. The van der Waals surface area contributed by atoms with E-state index in [4.69, 9.17) is 0 Å². The van der Waals surface area contributed by atoms with Crippen LogP contribution in [0.5, 0.6) is 0 Å². The van der Waals surface area contributed by atoms with Crippen molar-refractivity contribution >= 4 is 34.5 Å². The lowest BCUT2D eigenvalue weighted by atomic mass is 10.0. The Morgan fingerprint density at radius 3 is 2.33 bits per heavy atom. The summed E-state index contributed by atoms with van der Waals surface area (Å²) in [6.07, 6.45) is 0.840. The molecule has 1 fully saturated rings. The van der Waals surface area contributed by atoms with E-state index in [-0.39, 0.29) is 22.3 Å². The van der Waals surface area contributed by atoms with E-state index in [1.54, 1.807) is 0 Å². The van der Waals surface area contributed by atoms with Crippen LogP contribution in [0.2, 0.25) is 0 Å². The molecule has 1 aliphatic heterocycles. The molecule has 2 N–H and O–H groups in total. The molecule has 3 amide bonds. The summed E-state index contributed by atoms with van der Waals surface area (Å²) >= 11 is 1.04. The summed E-state index contributed by atoms with van der Waals surface area (Å²) in [7, 11) is 0. The van der Waals surface area contributed by atoms with Crippen LogP contribution in [0, 0.1) is 0 Å². The predicted octanol–water partition coefficient (Wildman–Crippen LogP) is 4.43. The number of rotatable bonds is 6. The minimum Gasteiger partial charge on any atom is -0.326 e. The highest BCUT2D eigenvalue weighted by atomic mass is 32.2. The maximum atomic E-state index is 12.3. The monoisotopic (exact) mass is 416 g/mol. The van der Waals surface area contributed by atoms with Gasteiger partial charge in [-0.05, 0) is 40.8 Å². The SMILES string of the molecule is O=C(Cc1ccccc1)Nc1cccc(-c2ccc(CC3SC(=O)NC3=O)cc2)c1. The molecule has 6 heteroatoms. The van der Waals surface area contributed by atoms with Crippen molar-refractivity contribution in [1.29, 1.82) is 0 Å². The number of hydrogen-bond acceptors (Lipinski definition) is 4. The number of benzene rings is 3. The highest BCUT2D eigenvalue weighted by Gasteiger charge is 2.31. The summed E-state index contributed by atoms with van der Waals surface area (Å²) < 4.78 is 0. The molecule has 1 heterocycles. The van der Waals surface area contributed by atoms with Crippen molar-refractivity contribution in [1.82, 2.24) is 5.32 Å². The average molecular weight is 417 g/mol. The fourth-order valence-electron chi connectivity index (χ4n) is 3.34. The molecule has 1 unspecified atom stereocenters. The normalized spacial score (nSPS) is 15.7. The van der Waals surface area contributed by atoms with Gasteiger partial charge in [-0.1, -0.05) is 78.5 Å². The topological polar surface area (TPSA) is 75.3 Å². The highest BCUT2D eigenvalue weighted by Crippen LogP contribution is 2.26. The average Bonchev–Trinajstić information content (AvgIpc) is 3.06. The molecule has 0 aromatic heterocycles. The molecule has 0 aliphatic carbocycles. The zero-order valence-corrected chi connectivity index (χ0v) is 16.9. The molecule has 0 spiro atoms. The third-order valence-corrected chi connectivity index (χ3v) is 5.81. The van der Waals surface area contributed by atoms with Crippen molar-refractivity contribution < 1.29 is 14.4 Å². The molecule has 0 bridgehead atoms. The van der Waals surface area contributed by atoms with Crippen LogP contribution in [0.25, 0.3) is 11.1 Å². The van der Waals surface area contributed by atoms with Crippen LogP contribution in [0.1, 0.15) is 11.1 Å². The Labute approximate surface area is 178 Å². The van der Waals surface area contributed by atoms with Gasteiger partial charge in [0.05, 0.1) is 11.7 Å². The Hall–Kier alpha value is -3.38. The predicted molar refractivity (Wildman–Crippen MR) is 119 cm³/mol. The van der Waals surface area contributed by atoms with Gasteiger partial charge in [0.2, 0.25) is 11.8 Å². The summed E-state index contributed by atoms with van der Waals surface area (Å²) in [5.74, 6) is -0.288. The number of carbonyl (C=O) groups is 3. The Morgan fingerprint density at radius 2 is 1.63 bits per heavy atom. The van der Waals surface area contributed by atoms with Crippen LogP contribution in [0.15, 0.2) is 78.9 Å². The van der Waals surface area contributed by atoms with Crippen molar-refractivity contribution in [3.05, 3.63) is 90.0 Å². The number of hydrogen-bond donors (Lipinski definition) is 2. The van der Waals surface area contributed by atoms with E-state index in [2.05, 4.69) is 10.6 Å². The first-order chi connectivity index (χ1) is 14.6. The Morgan fingerprint density at radius 1 is 0.867 bits per heavy atom. The first kappa shape index (κ1) is 19.9. The molecule has 1 aliphatic rings. The van der Waals surface area contributed by atoms with Crippen molar-refractivity contribution in [2.24, 2.45) is 0 Å². The third kappa shape index (κ3) is 4.96. The van der Waals surface area contributed by atoms with Crippen LogP contribution < -0.4 is 10.6 Å². The van der Waals surface area contributed by atoms with Crippen LogP contribution in [0.4, 0.5) is 10.5 Å². The molecule has 3 aromatic rings. The summed E-state index contributed by atoms with van der Waals surface area (Å²) in [5, 5.41) is 4.61. The van der Waals surface area contributed by atoms with Crippen molar-refractivity contribution in [2.75, 3.05) is 5.32 Å². The smallest absolute Gasteiger partial charge is 0.286 e. The van der Waals surface area contributed by atoms with E-state index < -0.39 is 0 Å².